The summed E-state index contributed by atoms with van der Waals surface area (Å²) < 4.78 is 82.4. The Bertz CT molecular complexity index is 3260. The summed E-state index contributed by atoms with van der Waals surface area (Å²) in [5.74, 6) is 1.63. The molecule has 4 bridgehead atoms. The van der Waals surface area contributed by atoms with Crippen LogP contribution in [0.1, 0.15) is 23.7 Å². The summed E-state index contributed by atoms with van der Waals surface area (Å²) >= 11 is 8.79. The maximum absolute atomic E-state index is 14.5. The van der Waals surface area contributed by atoms with E-state index in [1.54, 1.807) is 72.9 Å². The van der Waals surface area contributed by atoms with Crippen LogP contribution in [0.25, 0.3) is 43.2 Å². The Balaban J connectivity index is 0.997. The van der Waals surface area contributed by atoms with Crippen LogP contribution in [0.4, 0.5) is 4.39 Å². The zero-order chi connectivity index (χ0) is 55.9. The van der Waals surface area contributed by atoms with Gasteiger partial charge in [-0.1, -0.05) is 41.9 Å². The molecular weight excluding hydrogens is 1070 g/mol. The summed E-state index contributed by atoms with van der Waals surface area (Å²) in [7, 11) is 8.11. The van der Waals surface area contributed by atoms with Gasteiger partial charge in [-0.15, -0.1) is 11.3 Å². The fraction of sp³-hybridized carbons (Fsp3) is 0.407. The van der Waals surface area contributed by atoms with Crippen LogP contribution in [0.3, 0.4) is 0 Å². The number of para-hydroxylation sites is 1. The van der Waals surface area contributed by atoms with Crippen LogP contribution in [0, 0.1) is 12.7 Å². The van der Waals surface area contributed by atoms with E-state index in [9.17, 15) is 9.18 Å². The summed E-state index contributed by atoms with van der Waals surface area (Å²) in [6.45, 7) is 7.92. The Morgan fingerprint density at radius 1 is 0.812 bits per heavy atom. The number of aromatic nitrogens is 4. The standard InChI is InChI=1S/C59H64ClFN6O12S/c1-8-74-58(68)46-28-36-27-39(17-19-43(36)76-31-38-21-22-62-55(65-38)42-11-9-10-12-44(42)69-3)75-32-40(29-66-23-25-67(26-24-66)30-47-51(70-4)52(71-5)53(72-6)59(73-7)79-47)77-45-20-18-41(34(2)50(45)60)48-49-56(78-46)63-33-64-57(49)80-54(48)35-13-15-37(61)16-14-35/h9-22,27,33,40,46-47,51-53,59H,8,23-26,28-32H2,1-7H3/t40-,46-,47-,51-,52+,53+,59+/m1/s1. The summed E-state index contributed by atoms with van der Waals surface area (Å²) in [4.78, 5) is 39.0. The maximum Gasteiger partial charge on any atom is 0.347 e. The number of carbonyl (C=O) groups is 1. The highest BCUT2D eigenvalue weighted by molar-refractivity contribution is 7.22. The molecule has 7 heterocycles. The van der Waals surface area contributed by atoms with E-state index in [-0.39, 0.29) is 50.1 Å². The molecule has 0 spiro atoms. The molecule has 4 aliphatic heterocycles. The van der Waals surface area contributed by atoms with Crippen LogP contribution in [0.2, 0.25) is 5.02 Å². The predicted octanol–water partition coefficient (Wildman–Crippen LogP) is 8.90. The molecule has 7 aromatic rings. The highest BCUT2D eigenvalue weighted by Crippen LogP contribution is 2.50. The normalized spacial score (nSPS) is 21.7. The van der Waals surface area contributed by atoms with Crippen molar-refractivity contribution in [1.29, 1.82) is 0 Å². The topological polar surface area (TPSA) is 177 Å². The molecule has 21 heteroatoms. The van der Waals surface area contributed by atoms with Gasteiger partial charge in [0.15, 0.2) is 12.1 Å². The molecule has 3 aromatic heterocycles. The lowest BCUT2D eigenvalue weighted by Gasteiger charge is -2.46. The Labute approximate surface area is 472 Å². The van der Waals surface area contributed by atoms with Crippen LogP contribution in [0.15, 0.2) is 97.5 Å². The lowest BCUT2D eigenvalue weighted by atomic mass is 9.96. The molecule has 0 aliphatic carbocycles. The molecule has 0 unspecified atom stereocenters. The lowest BCUT2D eigenvalue weighted by Crippen LogP contribution is -2.63. The lowest BCUT2D eigenvalue weighted by molar-refractivity contribution is -0.304. The molecule has 7 atom stereocenters. The van der Waals surface area contributed by atoms with Crippen LogP contribution in [-0.2, 0) is 46.2 Å². The quantitative estimate of drug-likeness (QED) is 0.0838. The van der Waals surface area contributed by atoms with E-state index < -0.39 is 36.7 Å². The number of nitrogens with zero attached hydrogens (tertiary/aromatic N) is 6. The summed E-state index contributed by atoms with van der Waals surface area (Å²) in [6, 6.07) is 24.8. The van der Waals surface area contributed by atoms with Gasteiger partial charge in [-0.2, -0.15) is 0 Å². The SMILES string of the molecule is CCOC(=O)[C@H]1Cc2cc(ccc2OCc2ccnc(-c3ccccc3OC)n2)OC[C@@H](CN2CCN(C[C@H]3O[C@H](OC)[C@@H](OC)[C@@H](OC)[C@@H]3OC)CC2)Oc2ccc(c(C)c2Cl)-c2c(-c3ccc(F)cc3)sc3ncnc(c23)O1. The van der Waals surface area contributed by atoms with Crippen molar-refractivity contribution in [2.45, 2.75) is 69.8 Å². The monoisotopic (exact) mass is 1130 g/mol. The molecule has 11 rings (SSSR count). The molecule has 4 aromatic carbocycles. The van der Waals surface area contributed by atoms with E-state index in [1.165, 1.54) is 29.8 Å². The fourth-order valence-electron chi connectivity index (χ4n) is 10.6. The Morgan fingerprint density at radius 2 is 1.57 bits per heavy atom. The Hall–Kier alpha value is -6.59. The first-order valence-electron chi connectivity index (χ1n) is 26.4. The number of halogens is 2. The van der Waals surface area contributed by atoms with Gasteiger partial charge in [0.05, 0.1) is 35.4 Å². The van der Waals surface area contributed by atoms with Crippen molar-refractivity contribution in [2.75, 3.05) is 88.0 Å². The average Bonchev–Trinajstić information content (AvgIpc) is 3.88. The van der Waals surface area contributed by atoms with Crippen molar-refractivity contribution in [3.63, 3.8) is 0 Å². The van der Waals surface area contributed by atoms with Crippen molar-refractivity contribution in [2.24, 2.45) is 0 Å². The van der Waals surface area contributed by atoms with Gasteiger partial charge in [-0.05, 0) is 85.1 Å². The molecule has 422 valence electrons. The molecule has 2 fully saturated rings. The van der Waals surface area contributed by atoms with Crippen molar-refractivity contribution >= 4 is 39.1 Å². The second-order valence-corrected chi connectivity index (χ2v) is 20.8. The van der Waals surface area contributed by atoms with Gasteiger partial charge in [-0.25, -0.2) is 29.1 Å². The molecular formula is C59H64ClFN6O12S. The third kappa shape index (κ3) is 12.3. The predicted molar refractivity (Wildman–Crippen MR) is 298 cm³/mol. The van der Waals surface area contributed by atoms with E-state index in [0.717, 1.165) is 47.7 Å². The number of thiophene rings is 1. The molecule has 80 heavy (non-hydrogen) atoms. The second kappa shape index (κ2) is 25.9. The number of hydrogen-bond acceptors (Lipinski definition) is 19. The van der Waals surface area contributed by atoms with Crippen LogP contribution >= 0.6 is 22.9 Å². The maximum atomic E-state index is 14.5. The van der Waals surface area contributed by atoms with E-state index in [1.807, 2.05) is 55.5 Å². The van der Waals surface area contributed by atoms with Crippen LogP contribution in [-0.4, -0.2) is 167 Å². The average molecular weight is 1140 g/mol. The first kappa shape index (κ1) is 56.7. The molecule has 0 amide bonds. The fourth-order valence-corrected chi connectivity index (χ4v) is 11.9. The highest BCUT2D eigenvalue weighted by atomic mass is 35.5. The zero-order valence-electron chi connectivity index (χ0n) is 45.6. The van der Waals surface area contributed by atoms with Crippen molar-refractivity contribution in [3.8, 4) is 61.8 Å². The number of rotatable bonds is 16. The van der Waals surface area contributed by atoms with Gasteiger partial charge < -0.3 is 52.1 Å². The third-order valence-electron chi connectivity index (χ3n) is 14.6. The minimum atomic E-state index is -1.24. The number of esters is 1. The minimum absolute atomic E-state index is 0.0248. The molecule has 0 radical (unpaired) electrons. The number of methoxy groups -OCH3 is 5. The molecule has 2 saturated heterocycles. The van der Waals surface area contributed by atoms with E-state index in [4.69, 9.17) is 73.7 Å². The smallest absolute Gasteiger partial charge is 0.347 e. The molecule has 18 nitrogen and oxygen atoms in total. The highest BCUT2D eigenvalue weighted by Gasteiger charge is 2.48. The number of hydrogen-bond donors (Lipinski definition) is 0. The van der Waals surface area contributed by atoms with E-state index >= 15 is 0 Å². The van der Waals surface area contributed by atoms with E-state index in [2.05, 4.69) is 19.8 Å². The Kier molecular flexibility index (Phi) is 18.3. The van der Waals surface area contributed by atoms with E-state index in [0.29, 0.717) is 79.5 Å². The van der Waals surface area contributed by atoms with Gasteiger partial charge in [0.1, 0.15) is 83.7 Å². The summed E-state index contributed by atoms with van der Waals surface area (Å²) in [6.07, 6.45) is -0.925. The summed E-state index contributed by atoms with van der Waals surface area (Å²) in [5.41, 5.74) is 4.77. The van der Waals surface area contributed by atoms with Crippen LogP contribution in [0.5, 0.6) is 28.9 Å². The first-order valence-corrected chi connectivity index (χ1v) is 27.6. The number of ether oxygens (including phenoxy) is 11. The van der Waals surface area contributed by atoms with Crippen molar-refractivity contribution in [3.05, 3.63) is 125 Å². The zero-order valence-corrected chi connectivity index (χ0v) is 47.2. The molecule has 0 saturated carbocycles. The number of benzene rings is 4. The first-order chi connectivity index (χ1) is 39.0. The Morgan fingerprint density at radius 3 is 2.31 bits per heavy atom. The molecule has 0 N–H and O–H groups in total. The van der Waals surface area contributed by atoms with Gasteiger partial charge in [0.2, 0.25) is 12.0 Å². The van der Waals surface area contributed by atoms with Crippen molar-refractivity contribution < 1.29 is 61.3 Å². The molecule has 4 aliphatic rings. The van der Waals surface area contributed by atoms with Gasteiger partial charge >= 0.3 is 5.97 Å². The van der Waals surface area contributed by atoms with Gasteiger partial charge in [-0.3, -0.25) is 9.80 Å². The van der Waals surface area contributed by atoms with Crippen LogP contribution < -0.4 is 23.7 Å². The van der Waals surface area contributed by atoms with Crippen molar-refractivity contribution in [1.82, 2.24) is 29.7 Å². The minimum Gasteiger partial charge on any atom is -0.496 e. The number of carbonyl (C=O) groups excluding carboxylic acids is 1. The summed E-state index contributed by atoms with van der Waals surface area (Å²) in [5, 5.41) is 0.921. The number of piperazine rings is 1. The van der Waals surface area contributed by atoms with Gasteiger partial charge in [0, 0.05) is 96.3 Å². The van der Waals surface area contributed by atoms with Gasteiger partial charge in [0.25, 0.3) is 0 Å². The largest absolute Gasteiger partial charge is 0.496 e. The second-order valence-electron chi connectivity index (χ2n) is 19.4. The number of fused-ring (bicyclic) bond motifs is 7. The third-order valence-corrected chi connectivity index (χ3v) is 16.2.